The van der Waals surface area contributed by atoms with Crippen LogP contribution in [0.1, 0.15) is 26.3 Å². The van der Waals surface area contributed by atoms with Gasteiger partial charge in [-0.2, -0.15) is 0 Å². The van der Waals surface area contributed by atoms with Gasteiger partial charge in [0.25, 0.3) is 0 Å². The first-order valence-corrected chi connectivity index (χ1v) is 6.68. The van der Waals surface area contributed by atoms with E-state index < -0.39 is 0 Å². The normalized spacial score (nSPS) is 13.6. The molecule has 0 amide bonds. The third kappa shape index (κ3) is 2.07. The molecule has 0 aromatic heterocycles. The van der Waals surface area contributed by atoms with E-state index in [1.165, 1.54) is 12.1 Å². The van der Waals surface area contributed by atoms with Gasteiger partial charge in [0.2, 0.25) is 0 Å². The van der Waals surface area contributed by atoms with Crippen LogP contribution in [-0.4, -0.2) is 11.6 Å². The van der Waals surface area contributed by atoms with E-state index in [0.29, 0.717) is 11.1 Å². The number of allylic oxidation sites excluding steroid dienone is 1. The van der Waals surface area contributed by atoms with Crippen LogP contribution in [0.4, 0.5) is 0 Å². The van der Waals surface area contributed by atoms with Crippen LogP contribution >= 0.6 is 23.2 Å². The molecule has 2 nitrogen and oxygen atoms in total. The first-order chi connectivity index (χ1) is 9.58. The van der Waals surface area contributed by atoms with E-state index >= 15 is 0 Å². The third-order valence-electron chi connectivity index (χ3n) is 3.15. The molecule has 1 aliphatic carbocycles. The molecule has 0 fully saturated rings. The monoisotopic (exact) mass is 302 g/mol. The molecule has 4 heteroatoms. The average Bonchev–Trinajstić information content (AvgIpc) is 2.66. The molecule has 1 aliphatic rings. The van der Waals surface area contributed by atoms with Gasteiger partial charge in [0.15, 0.2) is 11.6 Å². The summed E-state index contributed by atoms with van der Waals surface area (Å²) in [5, 5.41) is 0.542. The fourth-order valence-corrected chi connectivity index (χ4v) is 2.49. The van der Waals surface area contributed by atoms with Crippen LogP contribution in [0, 0.1) is 0 Å². The van der Waals surface area contributed by atoms with Crippen LogP contribution in [-0.2, 0) is 0 Å². The Kier molecular flexibility index (Phi) is 3.20. The predicted molar refractivity (Wildman–Crippen MR) is 79.5 cm³/mol. The lowest BCUT2D eigenvalue weighted by atomic mass is 10.1. The quantitative estimate of drug-likeness (QED) is 0.576. The van der Waals surface area contributed by atoms with Crippen LogP contribution in [0.15, 0.2) is 48.0 Å². The lowest BCUT2D eigenvalue weighted by molar-refractivity contribution is 0.0990. The summed E-state index contributed by atoms with van der Waals surface area (Å²) in [6, 6.07) is 12.1. The maximum atomic E-state index is 12.3. The highest BCUT2D eigenvalue weighted by molar-refractivity contribution is 6.46. The molecule has 0 saturated carbocycles. The van der Waals surface area contributed by atoms with Crippen LogP contribution in [0.5, 0.6) is 0 Å². The van der Waals surface area contributed by atoms with Crippen LogP contribution in [0.25, 0.3) is 6.08 Å². The van der Waals surface area contributed by atoms with E-state index in [1.54, 1.807) is 6.08 Å². The van der Waals surface area contributed by atoms with Crippen molar-refractivity contribution in [1.29, 1.82) is 0 Å². The maximum absolute atomic E-state index is 12.3. The van der Waals surface area contributed by atoms with Crippen molar-refractivity contribution in [1.82, 2.24) is 0 Å². The molecule has 0 spiro atoms. The van der Waals surface area contributed by atoms with Gasteiger partial charge in [-0.1, -0.05) is 53.5 Å². The van der Waals surface area contributed by atoms with Crippen molar-refractivity contribution in [2.75, 3.05) is 0 Å². The van der Waals surface area contributed by atoms with Crippen molar-refractivity contribution >= 4 is 40.8 Å². The summed E-state index contributed by atoms with van der Waals surface area (Å²) in [5.74, 6) is -0.625. The fourth-order valence-electron chi connectivity index (χ4n) is 2.16. The van der Waals surface area contributed by atoms with Crippen molar-refractivity contribution in [2.45, 2.75) is 0 Å². The van der Waals surface area contributed by atoms with Crippen LogP contribution in [0.3, 0.4) is 0 Å². The molecule has 2 aromatic carbocycles. The van der Waals surface area contributed by atoms with Gasteiger partial charge in [-0.3, -0.25) is 9.59 Å². The number of benzene rings is 2. The summed E-state index contributed by atoms with van der Waals surface area (Å²) in [4.78, 5) is 24.6. The molecule has 3 rings (SSSR count). The molecule has 0 bridgehead atoms. The van der Waals surface area contributed by atoms with Gasteiger partial charge in [-0.25, -0.2) is 0 Å². The second-order valence-electron chi connectivity index (χ2n) is 4.44. The summed E-state index contributed by atoms with van der Waals surface area (Å²) >= 11 is 11.8. The highest BCUT2D eigenvalue weighted by atomic mass is 35.5. The number of carbonyl (C=O) groups is 2. The number of carbonyl (C=O) groups excluding carboxylic acids is 2. The Bertz CT molecular complexity index is 719. The van der Waals surface area contributed by atoms with Gasteiger partial charge in [-0.15, -0.1) is 0 Å². The average molecular weight is 303 g/mol. The number of hydrogen-bond acceptors (Lipinski definition) is 2. The minimum Gasteiger partial charge on any atom is -0.288 e. The Morgan fingerprint density at radius 2 is 1.30 bits per heavy atom. The molecule has 0 saturated heterocycles. The molecule has 0 heterocycles. The van der Waals surface area contributed by atoms with Gasteiger partial charge >= 0.3 is 0 Å². The van der Waals surface area contributed by atoms with E-state index in [0.717, 1.165) is 5.56 Å². The van der Waals surface area contributed by atoms with E-state index in [4.69, 9.17) is 23.2 Å². The predicted octanol–water partition coefficient (Wildman–Crippen LogP) is 4.46. The summed E-state index contributed by atoms with van der Waals surface area (Å²) in [5.41, 5.74) is 1.57. The Balaban J connectivity index is 2.13. The van der Waals surface area contributed by atoms with E-state index in [1.807, 2.05) is 30.3 Å². The van der Waals surface area contributed by atoms with Gasteiger partial charge in [0, 0.05) is 11.1 Å². The Morgan fingerprint density at radius 3 is 1.80 bits per heavy atom. The smallest absolute Gasteiger partial charge is 0.197 e. The van der Waals surface area contributed by atoms with E-state index in [9.17, 15) is 9.59 Å². The minimum atomic E-state index is -0.313. The van der Waals surface area contributed by atoms with Crippen LogP contribution < -0.4 is 0 Å². The Hall–Kier alpha value is -1.90. The second-order valence-corrected chi connectivity index (χ2v) is 5.25. The van der Waals surface area contributed by atoms with Crippen molar-refractivity contribution < 1.29 is 9.59 Å². The summed E-state index contributed by atoms with van der Waals surface area (Å²) in [7, 11) is 0. The lowest BCUT2D eigenvalue weighted by Gasteiger charge is -1.98. The summed E-state index contributed by atoms with van der Waals surface area (Å²) < 4.78 is 0. The zero-order valence-corrected chi connectivity index (χ0v) is 11.7. The highest BCUT2D eigenvalue weighted by Gasteiger charge is 2.33. The molecule has 2 aromatic rings. The van der Waals surface area contributed by atoms with Crippen molar-refractivity contribution in [3.63, 3.8) is 0 Å². The molecular weight excluding hydrogens is 295 g/mol. The second kappa shape index (κ2) is 4.89. The summed E-state index contributed by atoms with van der Waals surface area (Å²) in [6.45, 7) is 0. The number of fused-ring (bicyclic) bond motifs is 1. The standard InChI is InChI=1S/C16H8Cl2O2/c17-13-7-10-11(8-14(13)18)16(20)12(15(10)19)6-9-4-2-1-3-5-9/h1-8H. The molecular formula is C16H8Cl2O2. The van der Waals surface area contributed by atoms with Crippen molar-refractivity contribution in [3.05, 3.63) is 74.8 Å². The molecule has 98 valence electrons. The Morgan fingerprint density at radius 1 is 0.800 bits per heavy atom. The van der Waals surface area contributed by atoms with Crippen molar-refractivity contribution in [3.8, 4) is 0 Å². The van der Waals surface area contributed by atoms with Gasteiger partial charge in [0.1, 0.15) is 0 Å². The number of rotatable bonds is 1. The number of ketones is 2. The highest BCUT2D eigenvalue weighted by Crippen LogP contribution is 2.34. The topological polar surface area (TPSA) is 34.1 Å². The molecule has 0 N–H and O–H groups in total. The molecule has 20 heavy (non-hydrogen) atoms. The van der Waals surface area contributed by atoms with Gasteiger partial charge < -0.3 is 0 Å². The number of hydrogen-bond donors (Lipinski definition) is 0. The number of halogens is 2. The van der Waals surface area contributed by atoms with Gasteiger partial charge in [-0.05, 0) is 23.8 Å². The lowest BCUT2D eigenvalue weighted by Crippen LogP contribution is -2.00. The first-order valence-electron chi connectivity index (χ1n) is 5.93. The first kappa shape index (κ1) is 13.1. The zero-order valence-electron chi connectivity index (χ0n) is 10.2. The minimum absolute atomic E-state index is 0.143. The Labute approximate surface area is 125 Å². The molecule has 0 unspecified atom stereocenters. The zero-order chi connectivity index (χ0) is 14.3. The number of Topliss-reactive ketones (excluding diaryl/α,β-unsaturated/α-hetero) is 2. The maximum Gasteiger partial charge on any atom is 0.197 e. The fraction of sp³-hybridized carbons (Fsp3) is 0. The third-order valence-corrected chi connectivity index (χ3v) is 3.87. The van der Waals surface area contributed by atoms with Crippen LogP contribution in [0.2, 0.25) is 10.0 Å². The molecule has 0 radical (unpaired) electrons. The largest absolute Gasteiger partial charge is 0.288 e. The summed E-state index contributed by atoms with van der Waals surface area (Å²) in [6.07, 6.45) is 1.59. The SMILES string of the molecule is O=C1C(=Cc2ccccc2)C(=O)c2cc(Cl)c(Cl)cc21. The molecule has 0 atom stereocenters. The van der Waals surface area contributed by atoms with E-state index in [2.05, 4.69) is 0 Å². The van der Waals surface area contributed by atoms with Crippen molar-refractivity contribution in [2.24, 2.45) is 0 Å². The van der Waals surface area contributed by atoms with E-state index in [-0.39, 0.29) is 27.2 Å². The molecule has 0 aliphatic heterocycles. The van der Waals surface area contributed by atoms with Gasteiger partial charge in [0.05, 0.1) is 15.6 Å².